The molecule has 5 rings (SSSR count). The van der Waals surface area contributed by atoms with Gasteiger partial charge in [-0.3, -0.25) is 14.7 Å². The van der Waals surface area contributed by atoms with Crippen LogP contribution in [0.2, 0.25) is 0 Å². The van der Waals surface area contributed by atoms with E-state index in [9.17, 15) is 4.79 Å². The van der Waals surface area contributed by atoms with Gasteiger partial charge in [-0.2, -0.15) is 0 Å². The molecule has 0 spiro atoms. The quantitative estimate of drug-likeness (QED) is 0.608. The first kappa shape index (κ1) is 20.8. The highest BCUT2D eigenvalue weighted by Crippen LogP contribution is 2.31. The molecule has 0 atom stereocenters. The Hall–Kier alpha value is -3.12. The minimum absolute atomic E-state index is 0.0430. The molecule has 0 bridgehead atoms. The van der Waals surface area contributed by atoms with E-state index in [1.165, 1.54) is 10.9 Å². The SMILES string of the molecule is COc1ccc(C(=O)NC2CC2)cc1OC1CCN(Cc2cccc3cccnc23)CC1. The maximum Gasteiger partial charge on any atom is 0.251 e. The van der Waals surface area contributed by atoms with Crippen molar-refractivity contribution in [3.05, 3.63) is 65.9 Å². The van der Waals surface area contributed by atoms with E-state index in [1.54, 1.807) is 13.2 Å². The van der Waals surface area contributed by atoms with Crippen molar-refractivity contribution in [3.8, 4) is 11.5 Å². The number of fused-ring (bicyclic) bond motifs is 1. The second kappa shape index (κ2) is 9.17. The molecular formula is C26H29N3O3. The van der Waals surface area contributed by atoms with Gasteiger partial charge >= 0.3 is 0 Å². The smallest absolute Gasteiger partial charge is 0.251 e. The molecule has 1 N–H and O–H groups in total. The Morgan fingerprint density at radius 2 is 1.88 bits per heavy atom. The van der Waals surface area contributed by atoms with Crippen LogP contribution in [-0.2, 0) is 6.54 Å². The molecule has 6 heteroatoms. The largest absolute Gasteiger partial charge is 0.493 e. The summed E-state index contributed by atoms with van der Waals surface area (Å²) in [4.78, 5) is 19.5. The van der Waals surface area contributed by atoms with Gasteiger partial charge in [-0.1, -0.05) is 24.3 Å². The standard InChI is InChI=1S/C26H29N3O3/c1-31-23-10-7-19(26(30)28-21-8-9-21)16-24(23)32-22-11-14-29(15-12-22)17-20-5-2-4-18-6-3-13-27-25(18)20/h2-7,10,13,16,21-22H,8-9,11-12,14-15,17H2,1H3,(H,28,30). The second-order valence-corrected chi connectivity index (χ2v) is 8.70. The zero-order valence-corrected chi connectivity index (χ0v) is 18.4. The highest BCUT2D eigenvalue weighted by Gasteiger charge is 2.25. The Balaban J connectivity index is 1.21. The average molecular weight is 432 g/mol. The molecule has 1 aromatic heterocycles. The van der Waals surface area contributed by atoms with Gasteiger partial charge < -0.3 is 14.8 Å². The van der Waals surface area contributed by atoms with E-state index in [1.807, 2.05) is 24.4 Å². The maximum absolute atomic E-state index is 12.4. The summed E-state index contributed by atoms with van der Waals surface area (Å²) in [5.74, 6) is 1.27. The van der Waals surface area contributed by atoms with Crippen molar-refractivity contribution in [2.75, 3.05) is 20.2 Å². The first-order valence-corrected chi connectivity index (χ1v) is 11.4. The molecule has 2 heterocycles. The van der Waals surface area contributed by atoms with Crippen LogP contribution in [-0.4, -0.2) is 48.1 Å². The van der Waals surface area contributed by atoms with Gasteiger partial charge in [0.1, 0.15) is 6.10 Å². The molecule has 6 nitrogen and oxygen atoms in total. The molecule has 0 unspecified atom stereocenters. The lowest BCUT2D eigenvalue weighted by atomic mass is 10.0. The number of pyridine rings is 1. The minimum Gasteiger partial charge on any atom is -0.493 e. The fraction of sp³-hybridized carbons (Fsp3) is 0.385. The Morgan fingerprint density at radius 3 is 2.66 bits per heavy atom. The van der Waals surface area contributed by atoms with Crippen LogP contribution in [0.15, 0.2) is 54.7 Å². The van der Waals surface area contributed by atoms with E-state index < -0.39 is 0 Å². The molecule has 32 heavy (non-hydrogen) atoms. The highest BCUT2D eigenvalue weighted by molar-refractivity contribution is 5.95. The van der Waals surface area contributed by atoms with Crippen LogP contribution >= 0.6 is 0 Å². The number of carbonyl (C=O) groups excluding carboxylic acids is 1. The van der Waals surface area contributed by atoms with Crippen molar-refractivity contribution in [3.63, 3.8) is 0 Å². The number of nitrogens with one attached hydrogen (secondary N) is 1. The fourth-order valence-electron chi connectivity index (χ4n) is 4.31. The predicted octanol–water partition coefficient (Wildman–Crippen LogP) is 4.18. The lowest BCUT2D eigenvalue weighted by molar-refractivity contribution is 0.0924. The maximum atomic E-state index is 12.4. The van der Waals surface area contributed by atoms with Crippen LogP contribution in [0.3, 0.4) is 0 Å². The van der Waals surface area contributed by atoms with Crippen LogP contribution < -0.4 is 14.8 Å². The van der Waals surface area contributed by atoms with Crippen LogP contribution in [0.25, 0.3) is 10.9 Å². The molecule has 2 fully saturated rings. The van der Waals surface area contributed by atoms with Gasteiger partial charge in [-0.25, -0.2) is 0 Å². The molecule has 3 aromatic rings. The first-order valence-electron chi connectivity index (χ1n) is 11.4. The minimum atomic E-state index is -0.0430. The molecule has 0 radical (unpaired) electrons. The predicted molar refractivity (Wildman–Crippen MR) is 124 cm³/mol. The van der Waals surface area contributed by atoms with Crippen LogP contribution in [0.1, 0.15) is 41.6 Å². The van der Waals surface area contributed by atoms with Gasteiger partial charge in [0, 0.05) is 42.8 Å². The average Bonchev–Trinajstić information content (AvgIpc) is 3.64. The van der Waals surface area contributed by atoms with Crippen molar-refractivity contribution in [1.29, 1.82) is 0 Å². The zero-order chi connectivity index (χ0) is 21.9. The summed E-state index contributed by atoms with van der Waals surface area (Å²) in [7, 11) is 1.63. The summed E-state index contributed by atoms with van der Waals surface area (Å²) < 4.78 is 11.8. The molecule has 1 aliphatic heterocycles. The number of piperidine rings is 1. The number of methoxy groups -OCH3 is 1. The number of rotatable bonds is 7. The zero-order valence-electron chi connectivity index (χ0n) is 18.4. The van der Waals surface area contributed by atoms with Gasteiger partial charge in [0.15, 0.2) is 11.5 Å². The number of ether oxygens (including phenoxy) is 2. The van der Waals surface area contributed by atoms with Gasteiger partial charge in [-0.15, -0.1) is 0 Å². The normalized spacial score (nSPS) is 17.3. The molecular weight excluding hydrogens is 402 g/mol. The Labute approximate surface area is 188 Å². The number of carbonyl (C=O) groups is 1. The number of para-hydroxylation sites is 1. The number of hydrogen-bond acceptors (Lipinski definition) is 5. The Morgan fingerprint density at radius 1 is 1.06 bits per heavy atom. The number of aromatic nitrogens is 1. The lowest BCUT2D eigenvalue weighted by Gasteiger charge is -2.32. The summed E-state index contributed by atoms with van der Waals surface area (Å²) in [6.45, 7) is 2.80. The van der Waals surface area contributed by atoms with Crippen LogP contribution in [0.4, 0.5) is 0 Å². The van der Waals surface area contributed by atoms with Crippen molar-refractivity contribution in [2.45, 2.75) is 44.4 Å². The van der Waals surface area contributed by atoms with E-state index in [4.69, 9.17) is 9.47 Å². The van der Waals surface area contributed by atoms with E-state index in [0.717, 1.165) is 50.8 Å². The van der Waals surface area contributed by atoms with Gasteiger partial charge in [0.05, 0.1) is 12.6 Å². The molecule has 1 amide bonds. The Bertz CT molecular complexity index is 1100. The van der Waals surface area contributed by atoms with Gasteiger partial charge in [-0.05, 0) is 55.5 Å². The van der Waals surface area contributed by atoms with Gasteiger partial charge in [0.25, 0.3) is 5.91 Å². The number of amides is 1. The number of nitrogens with zero attached hydrogens (tertiary/aromatic N) is 2. The summed E-state index contributed by atoms with van der Waals surface area (Å²) in [6, 6.07) is 16.2. The Kier molecular flexibility index (Phi) is 5.95. The van der Waals surface area contributed by atoms with E-state index in [-0.39, 0.29) is 12.0 Å². The second-order valence-electron chi connectivity index (χ2n) is 8.70. The third kappa shape index (κ3) is 4.70. The van der Waals surface area contributed by atoms with E-state index in [0.29, 0.717) is 23.1 Å². The number of hydrogen-bond donors (Lipinski definition) is 1. The summed E-state index contributed by atoms with van der Waals surface area (Å²) in [5.41, 5.74) is 2.96. The lowest BCUT2D eigenvalue weighted by Crippen LogP contribution is -2.38. The fourth-order valence-corrected chi connectivity index (χ4v) is 4.31. The van der Waals surface area contributed by atoms with E-state index in [2.05, 4.69) is 39.5 Å². The molecule has 2 aliphatic rings. The summed E-state index contributed by atoms with van der Waals surface area (Å²) in [6.07, 6.45) is 5.96. The van der Waals surface area contributed by atoms with Crippen molar-refractivity contribution < 1.29 is 14.3 Å². The van der Waals surface area contributed by atoms with E-state index >= 15 is 0 Å². The molecule has 2 aromatic carbocycles. The number of benzene rings is 2. The third-order valence-electron chi connectivity index (χ3n) is 6.28. The van der Waals surface area contributed by atoms with Crippen molar-refractivity contribution in [2.24, 2.45) is 0 Å². The molecule has 166 valence electrons. The monoisotopic (exact) mass is 431 g/mol. The first-order chi connectivity index (χ1) is 15.7. The third-order valence-corrected chi connectivity index (χ3v) is 6.28. The summed E-state index contributed by atoms with van der Waals surface area (Å²) in [5, 5.41) is 4.21. The van der Waals surface area contributed by atoms with Crippen molar-refractivity contribution >= 4 is 16.8 Å². The van der Waals surface area contributed by atoms with Crippen LogP contribution in [0, 0.1) is 0 Å². The van der Waals surface area contributed by atoms with Crippen molar-refractivity contribution in [1.82, 2.24) is 15.2 Å². The number of likely N-dealkylation sites (tertiary alicyclic amines) is 1. The topological polar surface area (TPSA) is 63.7 Å². The summed E-state index contributed by atoms with van der Waals surface area (Å²) >= 11 is 0. The van der Waals surface area contributed by atoms with Crippen LogP contribution in [0.5, 0.6) is 11.5 Å². The molecule has 1 saturated heterocycles. The highest BCUT2D eigenvalue weighted by atomic mass is 16.5. The molecule has 1 aliphatic carbocycles. The van der Waals surface area contributed by atoms with Gasteiger partial charge in [0.2, 0.25) is 0 Å². The molecule has 1 saturated carbocycles.